The summed E-state index contributed by atoms with van der Waals surface area (Å²) in [6.07, 6.45) is 4.42. The predicted octanol–water partition coefficient (Wildman–Crippen LogP) is 1.94. The summed E-state index contributed by atoms with van der Waals surface area (Å²) in [6.45, 7) is 4.32. The zero-order valence-corrected chi connectivity index (χ0v) is 8.73. The molecule has 1 saturated carbocycles. The van der Waals surface area contributed by atoms with Gasteiger partial charge in [-0.2, -0.15) is 0 Å². The second kappa shape index (κ2) is 5.10. The Hall–Kier alpha value is 0.270. The molecule has 1 rings (SSSR count). The molecule has 72 valence electrons. The molecule has 0 heterocycles. The Bertz CT molecular complexity index is 130. The highest BCUT2D eigenvalue weighted by Gasteiger charge is 2.22. The fraction of sp³-hybridized carbons (Fsp3) is 1.00. The highest BCUT2D eigenvalue weighted by molar-refractivity contribution is 7.98. The smallest absolute Gasteiger partial charge is 0.0702 e. The van der Waals surface area contributed by atoms with Crippen LogP contribution in [-0.4, -0.2) is 22.5 Å². The monoisotopic (exact) mass is 189 g/mol. The molecular weight excluding hydrogens is 170 g/mol. The molecular formula is C9H19NOS. The highest BCUT2D eigenvalue weighted by atomic mass is 32.2. The van der Waals surface area contributed by atoms with Crippen molar-refractivity contribution in [1.82, 2.24) is 4.72 Å². The van der Waals surface area contributed by atoms with Gasteiger partial charge in [-0.25, -0.2) is 0 Å². The molecule has 2 atom stereocenters. The van der Waals surface area contributed by atoms with Gasteiger partial charge in [0.1, 0.15) is 0 Å². The van der Waals surface area contributed by atoms with E-state index in [0.29, 0.717) is 11.3 Å². The predicted molar refractivity (Wildman–Crippen MR) is 54.1 cm³/mol. The summed E-state index contributed by atoms with van der Waals surface area (Å²) >= 11 is 1.73. The Morgan fingerprint density at radius 1 is 1.33 bits per heavy atom. The molecule has 2 unspecified atom stereocenters. The van der Waals surface area contributed by atoms with Crippen LogP contribution in [0.5, 0.6) is 0 Å². The lowest BCUT2D eigenvalue weighted by Crippen LogP contribution is -2.39. The first-order chi connectivity index (χ1) is 5.70. The summed E-state index contributed by atoms with van der Waals surface area (Å²) in [5.41, 5.74) is 0. The number of hydrogen-bond acceptors (Lipinski definition) is 3. The molecule has 3 heteroatoms. The molecule has 1 aliphatic rings. The summed E-state index contributed by atoms with van der Waals surface area (Å²) in [7, 11) is 0. The van der Waals surface area contributed by atoms with Crippen molar-refractivity contribution < 1.29 is 5.11 Å². The van der Waals surface area contributed by atoms with Crippen LogP contribution in [0.15, 0.2) is 0 Å². The van der Waals surface area contributed by atoms with Gasteiger partial charge in [0.05, 0.1) is 6.10 Å². The van der Waals surface area contributed by atoms with E-state index in [1.54, 1.807) is 11.9 Å². The van der Waals surface area contributed by atoms with E-state index in [1.807, 2.05) is 0 Å². The summed E-state index contributed by atoms with van der Waals surface area (Å²) in [5, 5.41) is 10.2. The van der Waals surface area contributed by atoms with Crippen LogP contribution in [0, 0.1) is 0 Å². The van der Waals surface area contributed by atoms with Crippen molar-refractivity contribution in [3.05, 3.63) is 0 Å². The molecule has 12 heavy (non-hydrogen) atoms. The van der Waals surface area contributed by atoms with Crippen molar-refractivity contribution >= 4 is 11.9 Å². The third-order valence-electron chi connectivity index (χ3n) is 2.18. The van der Waals surface area contributed by atoms with Crippen LogP contribution in [0.25, 0.3) is 0 Å². The van der Waals surface area contributed by atoms with Crippen molar-refractivity contribution in [2.75, 3.05) is 0 Å². The van der Waals surface area contributed by atoms with Gasteiger partial charge in [-0.05, 0) is 12.8 Å². The number of hydrogen-bond donors (Lipinski definition) is 2. The molecule has 0 aromatic heterocycles. The van der Waals surface area contributed by atoms with Crippen LogP contribution in [0.2, 0.25) is 0 Å². The van der Waals surface area contributed by atoms with Crippen molar-refractivity contribution in [2.45, 2.75) is 56.9 Å². The topological polar surface area (TPSA) is 32.3 Å². The maximum atomic E-state index is 9.61. The molecule has 2 nitrogen and oxygen atoms in total. The van der Waals surface area contributed by atoms with Gasteiger partial charge in [-0.3, -0.25) is 4.72 Å². The molecule has 0 aliphatic heterocycles. The van der Waals surface area contributed by atoms with Gasteiger partial charge in [0, 0.05) is 11.3 Å². The SMILES string of the molecule is CC(C)SNC1CCCCC1O. The van der Waals surface area contributed by atoms with Crippen LogP contribution in [0.3, 0.4) is 0 Å². The zero-order valence-electron chi connectivity index (χ0n) is 7.92. The maximum absolute atomic E-state index is 9.61. The van der Waals surface area contributed by atoms with Crippen molar-refractivity contribution in [3.63, 3.8) is 0 Å². The standard InChI is InChI=1S/C9H19NOS/c1-7(2)12-10-8-5-3-4-6-9(8)11/h7-11H,3-6H2,1-2H3. The van der Waals surface area contributed by atoms with E-state index < -0.39 is 0 Å². The maximum Gasteiger partial charge on any atom is 0.0702 e. The van der Waals surface area contributed by atoms with E-state index in [-0.39, 0.29) is 6.10 Å². The van der Waals surface area contributed by atoms with Crippen LogP contribution in [0.1, 0.15) is 39.5 Å². The summed E-state index contributed by atoms with van der Waals surface area (Å²) in [6, 6.07) is 0.325. The molecule has 0 saturated heterocycles. The summed E-state index contributed by atoms with van der Waals surface area (Å²) in [4.78, 5) is 0. The molecule has 2 N–H and O–H groups in total. The van der Waals surface area contributed by atoms with Gasteiger partial charge in [0.25, 0.3) is 0 Å². The van der Waals surface area contributed by atoms with Crippen LogP contribution < -0.4 is 4.72 Å². The van der Waals surface area contributed by atoms with E-state index in [9.17, 15) is 5.11 Å². The lowest BCUT2D eigenvalue weighted by molar-refractivity contribution is 0.103. The van der Waals surface area contributed by atoms with Gasteiger partial charge in [-0.15, -0.1) is 0 Å². The molecule has 0 amide bonds. The second-order valence-corrected chi connectivity index (χ2v) is 5.16. The van der Waals surface area contributed by atoms with Crippen molar-refractivity contribution in [3.8, 4) is 0 Å². The Labute approximate surface area is 79.3 Å². The number of aliphatic hydroxyl groups excluding tert-OH is 1. The fourth-order valence-corrected chi connectivity index (χ4v) is 2.19. The van der Waals surface area contributed by atoms with Gasteiger partial charge in [0.15, 0.2) is 0 Å². The molecule has 1 fully saturated rings. The lowest BCUT2D eigenvalue weighted by Gasteiger charge is -2.28. The highest BCUT2D eigenvalue weighted by Crippen LogP contribution is 2.20. The van der Waals surface area contributed by atoms with Crippen molar-refractivity contribution in [1.29, 1.82) is 0 Å². The summed E-state index contributed by atoms with van der Waals surface area (Å²) < 4.78 is 3.34. The number of rotatable bonds is 3. The minimum Gasteiger partial charge on any atom is -0.391 e. The average Bonchev–Trinajstić information content (AvgIpc) is 2.03. The van der Waals surface area contributed by atoms with E-state index >= 15 is 0 Å². The van der Waals surface area contributed by atoms with E-state index in [0.717, 1.165) is 12.8 Å². The molecule has 0 radical (unpaired) electrons. The Morgan fingerprint density at radius 2 is 2.00 bits per heavy atom. The Kier molecular flexibility index (Phi) is 4.40. The molecule has 0 spiro atoms. The molecule has 0 bridgehead atoms. The van der Waals surface area contributed by atoms with E-state index in [1.165, 1.54) is 12.8 Å². The van der Waals surface area contributed by atoms with E-state index in [2.05, 4.69) is 18.6 Å². The first kappa shape index (κ1) is 10.4. The fourth-order valence-electron chi connectivity index (χ4n) is 1.47. The minimum atomic E-state index is -0.120. The van der Waals surface area contributed by atoms with Gasteiger partial charge < -0.3 is 5.11 Å². The Balaban J connectivity index is 2.20. The third kappa shape index (κ3) is 3.33. The molecule has 0 aromatic carbocycles. The normalized spacial score (nSPS) is 31.0. The molecule has 0 aromatic rings. The quantitative estimate of drug-likeness (QED) is 0.665. The second-order valence-electron chi connectivity index (χ2n) is 3.74. The van der Waals surface area contributed by atoms with E-state index in [4.69, 9.17) is 0 Å². The van der Waals surface area contributed by atoms with Crippen LogP contribution >= 0.6 is 11.9 Å². The number of aliphatic hydroxyl groups is 1. The van der Waals surface area contributed by atoms with Crippen LogP contribution in [0.4, 0.5) is 0 Å². The zero-order chi connectivity index (χ0) is 8.97. The first-order valence-electron chi connectivity index (χ1n) is 4.79. The molecule has 1 aliphatic carbocycles. The summed E-state index contributed by atoms with van der Waals surface area (Å²) in [5.74, 6) is 0. The van der Waals surface area contributed by atoms with Gasteiger partial charge in [-0.1, -0.05) is 38.6 Å². The lowest BCUT2D eigenvalue weighted by atomic mass is 9.93. The van der Waals surface area contributed by atoms with Gasteiger partial charge >= 0.3 is 0 Å². The van der Waals surface area contributed by atoms with Gasteiger partial charge in [0.2, 0.25) is 0 Å². The number of nitrogens with one attached hydrogen (secondary N) is 1. The first-order valence-corrected chi connectivity index (χ1v) is 5.67. The van der Waals surface area contributed by atoms with Crippen LogP contribution in [-0.2, 0) is 0 Å². The van der Waals surface area contributed by atoms with Crippen molar-refractivity contribution in [2.24, 2.45) is 0 Å². The largest absolute Gasteiger partial charge is 0.391 e. The minimum absolute atomic E-state index is 0.120. The average molecular weight is 189 g/mol. The third-order valence-corrected chi connectivity index (χ3v) is 3.09. The Morgan fingerprint density at radius 3 is 2.58 bits per heavy atom.